The molecule has 1 saturated heterocycles. The quantitative estimate of drug-likeness (QED) is 0.658. The van der Waals surface area contributed by atoms with E-state index in [0.29, 0.717) is 24.5 Å². The summed E-state index contributed by atoms with van der Waals surface area (Å²) in [5, 5.41) is 6.45. The summed E-state index contributed by atoms with van der Waals surface area (Å²) in [6, 6.07) is 13.2. The van der Waals surface area contributed by atoms with E-state index in [1.165, 1.54) is 6.42 Å². The molecule has 0 saturated carbocycles. The average Bonchev–Trinajstić information content (AvgIpc) is 3.29. The van der Waals surface area contributed by atoms with Gasteiger partial charge in [0.2, 0.25) is 0 Å². The number of methoxy groups -OCH3 is 3. The number of nitrogens with zero attached hydrogens (tertiary/aromatic N) is 3. The van der Waals surface area contributed by atoms with Crippen LogP contribution in [-0.4, -0.2) is 62.5 Å². The molecule has 0 aliphatic carbocycles. The predicted octanol–water partition coefficient (Wildman–Crippen LogP) is 3.88. The molecule has 1 fully saturated rings. The van der Waals surface area contributed by atoms with E-state index >= 15 is 0 Å². The maximum atomic E-state index is 13.4. The molecule has 2 aromatic carbocycles. The van der Waals surface area contributed by atoms with E-state index in [4.69, 9.17) is 19.3 Å². The lowest BCUT2D eigenvalue weighted by Crippen LogP contribution is -2.40. The van der Waals surface area contributed by atoms with Crippen LogP contribution >= 0.6 is 0 Å². The molecule has 2 aromatic rings. The van der Waals surface area contributed by atoms with Crippen LogP contribution < -0.4 is 14.2 Å². The van der Waals surface area contributed by atoms with Crippen molar-refractivity contribution in [3.05, 3.63) is 53.6 Å². The van der Waals surface area contributed by atoms with Crippen LogP contribution in [0.1, 0.15) is 42.9 Å². The van der Waals surface area contributed by atoms with Crippen molar-refractivity contribution in [2.24, 2.45) is 5.10 Å². The Bertz CT molecular complexity index is 985. The summed E-state index contributed by atoms with van der Waals surface area (Å²) in [6.07, 6.45) is 4.09. The Morgan fingerprint density at radius 1 is 0.969 bits per heavy atom. The van der Waals surface area contributed by atoms with E-state index in [0.717, 1.165) is 48.5 Å². The summed E-state index contributed by atoms with van der Waals surface area (Å²) < 4.78 is 16.6. The van der Waals surface area contributed by atoms with E-state index in [1.54, 1.807) is 26.3 Å². The van der Waals surface area contributed by atoms with Crippen LogP contribution in [0.15, 0.2) is 47.6 Å². The first-order valence-electron chi connectivity index (χ1n) is 11.1. The van der Waals surface area contributed by atoms with Gasteiger partial charge >= 0.3 is 0 Å². The third kappa shape index (κ3) is 4.58. The van der Waals surface area contributed by atoms with Gasteiger partial charge in [-0.2, -0.15) is 5.10 Å². The Labute approximate surface area is 189 Å². The molecule has 0 bridgehead atoms. The zero-order valence-electron chi connectivity index (χ0n) is 19.0. The smallest absolute Gasteiger partial charge is 0.257 e. The first kappa shape index (κ1) is 22.1. The molecule has 2 heterocycles. The minimum absolute atomic E-state index is 0.000306. The third-order valence-electron chi connectivity index (χ3n) is 6.19. The SMILES string of the molecule is COc1ccc(C2CC(c3ccccc3OC)=NN2C(=O)CN2CCCCC2)c(OC)c1. The number of carbonyl (C=O) groups is 1. The van der Waals surface area contributed by atoms with Gasteiger partial charge < -0.3 is 14.2 Å². The molecule has 0 spiro atoms. The fourth-order valence-electron chi connectivity index (χ4n) is 4.50. The lowest BCUT2D eigenvalue weighted by Gasteiger charge is -2.29. The van der Waals surface area contributed by atoms with Crippen LogP contribution in [0, 0.1) is 0 Å². The molecule has 2 aliphatic rings. The Hall–Kier alpha value is -3.06. The third-order valence-corrected chi connectivity index (χ3v) is 6.19. The highest BCUT2D eigenvalue weighted by molar-refractivity contribution is 6.05. The summed E-state index contributed by atoms with van der Waals surface area (Å²) in [5.41, 5.74) is 2.65. The second-order valence-electron chi connectivity index (χ2n) is 8.15. The van der Waals surface area contributed by atoms with Crippen molar-refractivity contribution in [3.63, 3.8) is 0 Å². The maximum absolute atomic E-state index is 13.4. The second-order valence-corrected chi connectivity index (χ2v) is 8.15. The Balaban J connectivity index is 1.68. The molecule has 32 heavy (non-hydrogen) atoms. The fraction of sp³-hybridized carbons (Fsp3) is 0.440. The standard InChI is InChI=1S/C25H31N3O4/c1-30-18-11-12-20(24(15-18)32-3)22-16-21(19-9-5-6-10-23(19)31-2)26-28(22)25(29)17-27-13-7-4-8-14-27/h5-6,9-12,15,22H,4,7-8,13-14,16-17H2,1-3H3. The maximum Gasteiger partial charge on any atom is 0.257 e. The van der Waals surface area contributed by atoms with Gasteiger partial charge in [0.25, 0.3) is 5.91 Å². The lowest BCUT2D eigenvalue weighted by molar-refractivity contribution is -0.134. The highest BCUT2D eigenvalue weighted by Crippen LogP contribution is 2.40. The molecule has 2 aliphatic heterocycles. The van der Waals surface area contributed by atoms with Gasteiger partial charge in [-0.3, -0.25) is 9.69 Å². The highest BCUT2D eigenvalue weighted by atomic mass is 16.5. The van der Waals surface area contributed by atoms with Gasteiger partial charge in [0.05, 0.1) is 39.6 Å². The summed E-state index contributed by atoms with van der Waals surface area (Å²) in [5.74, 6) is 2.14. The van der Waals surface area contributed by atoms with Crippen molar-refractivity contribution in [3.8, 4) is 17.2 Å². The number of para-hydroxylation sites is 1. The monoisotopic (exact) mass is 437 g/mol. The van der Waals surface area contributed by atoms with Crippen LogP contribution in [0.3, 0.4) is 0 Å². The molecule has 1 unspecified atom stereocenters. The van der Waals surface area contributed by atoms with E-state index in [2.05, 4.69) is 4.90 Å². The molecule has 7 heteroatoms. The van der Waals surface area contributed by atoms with E-state index in [1.807, 2.05) is 42.5 Å². The number of ether oxygens (including phenoxy) is 3. The predicted molar refractivity (Wildman–Crippen MR) is 124 cm³/mol. The second kappa shape index (κ2) is 10.0. The topological polar surface area (TPSA) is 63.6 Å². The van der Waals surface area contributed by atoms with Gasteiger partial charge in [0.15, 0.2) is 0 Å². The van der Waals surface area contributed by atoms with Crippen LogP contribution in [0.25, 0.3) is 0 Å². The lowest BCUT2D eigenvalue weighted by atomic mass is 9.97. The molecule has 1 atom stereocenters. The molecule has 7 nitrogen and oxygen atoms in total. The van der Waals surface area contributed by atoms with Gasteiger partial charge in [0, 0.05) is 23.6 Å². The molecule has 4 rings (SSSR count). The molecule has 0 aromatic heterocycles. The molecule has 1 amide bonds. The zero-order chi connectivity index (χ0) is 22.5. The normalized spacial score (nSPS) is 18.9. The highest BCUT2D eigenvalue weighted by Gasteiger charge is 2.36. The molecular weight excluding hydrogens is 406 g/mol. The van der Waals surface area contributed by atoms with Crippen molar-refractivity contribution in [1.29, 1.82) is 0 Å². The molecule has 0 radical (unpaired) electrons. The Morgan fingerprint density at radius 2 is 1.72 bits per heavy atom. The summed E-state index contributed by atoms with van der Waals surface area (Å²) in [6.45, 7) is 2.29. The van der Waals surface area contributed by atoms with Crippen molar-refractivity contribution in [2.75, 3.05) is 41.0 Å². The van der Waals surface area contributed by atoms with Crippen molar-refractivity contribution in [1.82, 2.24) is 9.91 Å². The van der Waals surface area contributed by atoms with Crippen LogP contribution in [0.4, 0.5) is 0 Å². The van der Waals surface area contributed by atoms with Crippen molar-refractivity contribution >= 4 is 11.6 Å². The number of rotatable bonds is 7. The van der Waals surface area contributed by atoms with Gasteiger partial charge in [-0.25, -0.2) is 5.01 Å². The van der Waals surface area contributed by atoms with Gasteiger partial charge in [-0.05, 0) is 50.2 Å². The molecule has 170 valence electrons. The molecule has 0 N–H and O–H groups in total. The number of hydrogen-bond acceptors (Lipinski definition) is 6. The van der Waals surface area contributed by atoms with Crippen LogP contribution in [0.5, 0.6) is 17.2 Å². The number of piperidine rings is 1. The minimum atomic E-state index is -0.256. The minimum Gasteiger partial charge on any atom is -0.497 e. The Morgan fingerprint density at radius 3 is 2.44 bits per heavy atom. The number of hydrazone groups is 1. The van der Waals surface area contributed by atoms with Crippen LogP contribution in [-0.2, 0) is 4.79 Å². The number of carbonyl (C=O) groups excluding carboxylic acids is 1. The average molecular weight is 438 g/mol. The van der Waals surface area contributed by atoms with Gasteiger partial charge in [-0.15, -0.1) is 0 Å². The van der Waals surface area contributed by atoms with Crippen molar-refractivity contribution < 1.29 is 19.0 Å². The Kier molecular flexibility index (Phi) is 6.95. The number of likely N-dealkylation sites (tertiary alicyclic amines) is 1. The van der Waals surface area contributed by atoms with Crippen LogP contribution in [0.2, 0.25) is 0 Å². The fourth-order valence-corrected chi connectivity index (χ4v) is 4.50. The van der Waals surface area contributed by atoms with Gasteiger partial charge in [-0.1, -0.05) is 18.6 Å². The first-order valence-corrected chi connectivity index (χ1v) is 11.1. The van der Waals surface area contributed by atoms with E-state index < -0.39 is 0 Å². The van der Waals surface area contributed by atoms with Gasteiger partial charge in [0.1, 0.15) is 17.2 Å². The largest absolute Gasteiger partial charge is 0.497 e. The number of amides is 1. The number of hydrogen-bond donors (Lipinski definition) is 0. The summed E-state index contributed by atoms with van der Waals surface area (Å²) in [7, 11) is 4.91. The van der Waals surface area contributed by atoms with E-state index in [9.17, 15) is 4.79 Å². The first-order chi connectivity index (χ1) is 15.6. The number of benzene rings is 2. The van der Waals surface area contributed by atoms with E-state index in [-0.39, 0.29) is 11.9 Å². The zero-order valence-corrected chi connectivity index (χ0v) is 19.0. The summed E-state index contributed by atoms with van der Waals surface area (Å²) >= 11 is 0. The summed E-state index contributed by atoms with van der Waals surface area (Å²) in [4.78, 5) is 15.7. The van der Waals surface area contributed by atoms with Crippen molar-refractivity contribution in [2.45, 2.75) is 31.7 Å². The molecular formula is C25H31N3O4.